The van der Waals surface area contributed by atoms with Gasteiger partial charge in [0.25, 0.3) is 5.09 Å². The van der Waals surface area contributed by atoms with Crippen LogP contribution >= 0.6 is 0 Å². The van der Waals surface area contributed by atoms with E-state index in [0.717, 1.165) is 83.5 Å². The number of carbonyl (C=O) groups is 1. The molecule has 1 aliphatic heterocycles. The highest BCUT2D eigenvalue weighted by molar-refractivity contribution is 5.94. The van der Waals surface area contributed by atoms with Gasteiger partial charge in [-0.1, -0.05) is 77.6 Å². The highest BCUT2D eigenvalue weighted by atomic mass is 16.9. The molecule has 0 aromatic carbocycles. The molecule has 0 bridgehead atoms. The van der Waals surface area contributed by atoms with Crippen molar-refractivity contribution in [3.05, 3.63) is 39.2 Å². The number of hydrogen-bond acceptors (Lipinski definition) is 8. The lowest BCUT2D eigenvalue weighted by atomic mass is 10.1. The Morgan fingerprint density at radius 2 is 1.50 bits per heavy atom. The number of carbonyl (C=O) groups excluding carboxylic acids is 1. The lowest BCUT2D eigenvalue weighted by molar-refractivity contribution is -0.757. The van der Waals surface area contributed by atoms with E-state index in [4.69, 9.17) is 0 Å². The Kier molecular flexibility index (Phi) is 16.4. The molecule has 2 rings (SSSR count). The number of unbranched alkanes of at least 4 members (excludes halogenated alkanes) is 12. The topological polar surface area (TPSA) is 115 Å². The first-order valence-electron chi connectivity index (χ1n) is 14.7. The molecule has 1 saturated heterocycles. The van der Waals surface area contributed by atoms with Crippen molar-refractivity contribution in [3.8, 4) is 0 Å². The van der Waals surface area contributed by atoms with Crippen LogP contribution in [0.25, 0.3) is 0 Å². The van der Waals surface area contributed by atoms with Crippen molar-refractivity contribution in [2.45, 2.75) is 96.8 Å². The number of pyridine rings is 1. The van der Waals surface area contributed by atoms with Crippen LogP contribution in [0.3, 0.4) is 0 Å². The Morgan fingerprint density at radius 1 is 0.921 bits per heavy atom. The molecule has 10 nitrogen and oxygen atoms in total. The second-order valence-electron chi connectivity index (χ2n) is 10.3. The zero-order chi connectivity index (χ0) is 27.4. The van der Waals surface area contributed by atoms with E-state index < -0.39 is 11.0 Å². The summed E-state index contributed by atoms with van der Waals surface area (Å²) in [5, 5.41) is 22.2. The van der Waals surface area contributed by atoms with Gasteiger partial charge in [-0.25, -0.2) is 4.98 Å². The van der Waals surface area contributed by atoms with Crippen molar-refractivity contribution >= 4 is 11.7 Å². The second-order valence-corrected chi connectivity index (χ2v) is 10.3. The van der Waals surface area contributed by atoms with Crippen LogP contribution in [0.4, 0.5) is 5.82 Å². The number of rotatable bonds is 21. The molecule has 1 fully saturated rings. The maximum atomic E-state index is 12.5. The quantitative estimate of drug-likeness (QED) is 0.110. The van der Waals surface area contributed by atoms with Crippen LogP contribution in [0.2, 0.25) is 0 Å². The summed E-state index contributed by atoms with van der Waals surface area (Å²) >= 11 is 0. The average Bonchev–Trinajstić information content (AvgIpc) is 2.93. The molecule has 1 aliphatic rings. The monoisotopic (exact) mass is 534 g/mol. The maximum absolute atomic E-state index is 12.5. The van der Waals surface area contributed by atoms with Gasteiger partial charge in [0.05, 0.1) is 12.2 Å². The first kappa shape index (κ1) is 31.8. The fourth-order valence-corrected chi connectivity index (χ4v) is 4.79. The summed E-state index contributed by atoms with van der Waals surface area (Å²) in [7, 11) is 0. The molecule has 1 amide bonds. The molecule has 0 N–H and O–H groups in total. The number of nitrogens with zero attached hydrogens (tertiary/aromatic N) is 5. The molecular weight excluding hydrogens is 486 g/mol. The molecular formula is C28H48N5O5-. The Hall–Kier alpha value is -2.46. The van der Waals surface area contributed by atoms with Gasteiger partial charge in [0.1, 0.15) is 5.82 Å². The van der Waals surface area contributed by atoms with Gasteiger partial charge in [-0.3, -0.25) is 9.69 Å². The standard InChI is InChI=1S/C28H48N5O5/c1-2-3-18-30-20-22-31(23-21-30)27-17-16-26(25-29-27)28(34)32(35)19-14-12-10-8-6-4-5-7-9-11-13-15-24-38-33(36)37/h16-17,25H,2-15,18-24H2,1H3/q-1. The van der Waals surface area contributed by atoms with Crippen LogP contribution in [-0.2, 0) is 4.84 Å². The number of piperazine rings is 1. The number of amides is 1. The Balaban J connectivity index is 1.47. The Labute approximate surface area is 228 Å². The number of hydrogen-bond donors (Lipinski definition) is 0. The van der Waals surface area contributed by atoms with Gasteiger partial charge in [0.15, 0.2) is 0 Å². The predicted octanol–water partition coefficient (Wildman–Crippen LogP) is 5.83. The smallest absolute Gasteiger partial charge is 0.294 e. The van der Waals surface area contributed by atoms with Gasteiger partial charge in [0.2, 0.25) is 5.91 Å². The average molecular weight is 535 g/mol. The van der Waals surface area contributed by atoms with Gasteiger partial charge in [-0.2, -0.15) is 0 Å². The molecule has 10 heteroatoms. The van der Waals surface area contributed by atoms with Crippen LogP contribution in [0, 0.1) is 15.3 Å². The normalized spacial score (nSPS) is 14.0. The molecule has 0 atom stereocenters. The fraction of sp³-hybridized carbons (Fsp3) is 0.786. The van der Waals surface area contributed by atoms with Gasteiger partial charge >= 0.3 is 0 Å². The summed E-state index contributed by atoms with van der Waals surface area (Å²) in [6.45, 7) is 7.73. The number of aromatic nitrogens is 1. The highest BCUT2D eigenvalue weighted by Crippen LogP contribution is 2.16. The van der Waals surface area contributed by atoms with E-state index in [2.05, 4.69) is 26.5 Å². The minimum absolute atomic E-state index is 0.201. The third-order valence-electron chi connectivity index (χ3n) is 7.20. The van der Waals surface area contributed by atoms with Crippen molar-refractivity contribution in [2.24, 2.45) is 0 Å². The lowest BCUT2D eigenvalue weighted by Crippen LogP contribution is -2.46. The third-order valence-corrected chi connectivity index (χ3v) is 7.20. The number of anilines is 1. The molecule has 0 aliphatic carbocycles. The van der Waals surface area contributed by atoms with Crippen LogP contribution in [-0.4, -0.2) is 71.8 Å². The van der Waals surface area contributed by atoms with E-state index in [9.17, 15) is 20.1 Å². The highest BCUT2D eigenvalue weighted by Gasteiger charge is 2.18. The number of hydroxylamine groups is 2. The second kappa shape index (κ2) is 19.6. The molecule has 0 saturated carbocycles. The van der Waals surface area contributed by atoms with Crippen molar-refractivity contribution < 1.29 is 14.7 Å². The van der Waals surface area contributed by atoms with Crippen LogP contribution in [0.15, 0.2) is 18.3 Å². The fourth-order valence-electron chi connectivity index (χ4n) is 4.79. The zero-order valence-electron chi connectivity index (χ0n) is 23.4. The van der Waals surface area contributed by atoms with E-state index in [1.54, 1.807) is 6.07 Å². The van der Waals surface area contributed by atoms with Gasteiger partial charge < -0.3 is 20.0 Å². The SMILES string of the molecule is CCCCN1CCN(c2ccc(C(=O)N([O-])CCCCCCCCCCCCCCO[N+](=O)[O-])cn2)CC1. The van der Waals surface area contributed by atoms with Gasteiger partial charge in [-0.15, -0.1) is 10.1 Å². The molecule has 2 heterocycles. The Morgan fingerprint density at radius 3 is 2.03 bits per heavy atom. The molecule has 1 aromatic heterocycles. The van der Waals surface area contributed by atoms with Crippen LogP contribution < -0.4 is 4.90 Å². The zero-order valence-corrected chi connectivity index (χ0v) is 23.4. The molecule has 38 heavy (non-hydrogen) atoms. The summed E-state index contributed by atoms with van der Waals surface area (Å²) in [6, 6.07) is 3.58. The maximum Gasteiger partial charge on any atom is 0.294 e. The predicted molar refractivity (Wildman–Crippen MR) is 151 cm³/mol. The lowest BCUT2D eigenvalue weighted by Gasteiger charge is -2.35. The van der Waals surface area contributed by atoms with Crippen molar-refractivity contribution in [1.29, 1.82) is 0 Å². The first-order chi connectivity index (χ1) is 18.5. The van der Waals surface area contributed by atoms with Crippen molar-refractivity contribution in [3.63, 3.8) is 0 Å². The largest absolute Gasteiger partial charge is 0.756 e. The molecule has 1 aromatic rings. The van der Waals surface area contributed by atoms with Gasteiger partial charge in [0, 0.05) is 38.9 Å². The molecule has 0 unspecified atom stereocenters. The Bertz CT molecular complexity index is 771. The summed E-state index contributed by atoms with van der Waals surface area (Å²) in [6.07, 6.45) is 16.7. The summed E-state index contributed by atoms with van der Waals surface area (Å²) in [4.78, 5) is 36.0. The minimum Gasteiger partial charge on any atom is -0.756 e. The molecule has 216 valence electrons. The summed E-state index contributed by atoms with van der Waals surface area (Å²) in [5.74, 6) is 0.369. The van der Waals surface area contributed by atoms with Gasteiger partial charge in [-0.05, 0) is 37.9 Å². The summed E-state index contributed by atoms with van der Waals surface area (Å²) in [5.41, 5.74) is 0.357. The van der Waals surface area contributed by atoms with Crippen LogP contribution in [0.1, 0.15) is 107 Å². The van der Waals surface area contributed by atoms with E-state index in [-0.39, 0.29) is 13.2 Å². The van der Waals surface area contributed by atoms with E-state index in [1.165, 1.54) is 51.1 Å². The van der Waals surface area contributed by atoms with Crippen LogP contribution in [0.5, 0.6) is 0 Å². The van der Waals surface area contributed by atoms with Crippen molar-refractivity contribution in [1.82, 2.24) is 14.9 Å². The molecule has 0 spiro atoms. The summed E-state index contributed by atoms with van der Waals surface area (Å²) < 4.78 is 0. The third kappa shape index (κ3) is 13.4. The van der Waals surface area contributed by atoms with Crippen molar-refractivity contribution in [2.75, 3.05) is 50.8 Å². The van der Waals surface area contributed by atoms with E-state index in [1.807, 2.05) is 6.07 Å². The molecule has 0 radical (unpaired) electrons. The van der Waals surface area contributed by atoms with E-state index in [0.29, 0.717) is 10.6 Å². The van der Waals surface area contributed by atoms with E-state index >= 15 is 0 Å². The minimum atomic E-state index is -0.731. The first-order valence-corrected chi connectivity index (χ1v) is 14.7.